The average molecular weight is 415 g/mol. The highest BCUT2D eigenvalue weighted by molar-refractivity contribution is 6.00. The Morgan fingerprint density at radius 2 is 2.03 bits per heavy atom. The zero-order valence-corrected chi connectivity index (χ0v) is 16.9. The van der Waals surface area contributed by atoms with E-state index in [2.05, 4.69) is 37.3 Å². The summed E-state index contributed by atoms with van der Waals surface area (Å²) in [5, 5.41) is 11.8. The number of anilines is 4. The molecule has 4 heterocycles. The molecule has 0 bridgehead atoms. The van der Waals surface area contributed by atoms with E-state index in [9.17, 15) is 0 Å². The highest BCUT2D eigenvalue weighted by Gasteiger charge is 2.23. The van der Waals surface area contributed by atoms with Gasteiger partial charge in [0.15, 0.2) is 11.6 Å². The first-order valence-corrected chi connectivity index (χ1v) is 10.2. The molecule has 0 spiro atoms. The number of morpholine rings is 1. The van der Waals surface area contributed by atoms with Crippen molar-refractivity contribution in [3.05, 3.63) is 42.5 Å². The van der Waals surface area contributed by atoms with E-state index in [1.54, 1.807) is 0 Å². The molecule has 2 aliphatic heterocycles. The van der Waals surface area contributed by atoms with Crippen molar-refractivity contribution in [3.63, 3.8) is 0 Å². The molecule has 6 rings (SSSR count). The first-order valence-electron chi connectivity index (χ1n) is 10.2. The molecule has 1 unspecified atom stereocenters. The van der Waals surface area contributed by atoms with Gasteiger partial charge in [0.25, 0.3) is 0 Å². The van der Waals surface area contributed by atoms with Crippen LogP contribution in [0.3, 0.4) is 0 Å². The quantitative estimate of drug-likeness (QED) is 0.400. The Hall–Kier alpha value is -3.85. The maximum absolute atomic E-state index is 6.26. The topological polar surface area (TPSA) is 114 Å². The van der Waals surface area contributed by atoms with E-state index >= 15 is 0 Å². The van der Waals surface area contributed by atoms with Crippen LogP contribution in [0, 0.1) is 0 Å². The molecule has 0 aliphatic carbocycles. The van der Waals surface area contributed by atoms with E-state index in [-0.39, 0.29) is 12.0 Å². The van der Waals surface area contributed by atoms with Crippen LogP contribution in [0.25, 0.3) is 22.2 Å². The minimum atomic E-state index is 0.212. The molecular formula is C22H21N7O2. The maximum Gasteiger partial charge on any atom is 0.222 e. The molecule has 1 saturated heterocycles. The highest BCUT2D eigenvalue weighted by Crippen LogP contribution is 2.44. The number of nitrogens with one attached hydrogen (secondary N) is 2. The number of nitrogen functional groups attached to an aromatic ring is 1. The van der Waals surface area contributed by atoms with Gasteiger partial charge in [-0.1, -0.05) is 12.1 Å². The number of aromatic nitrogens is 4. The van der Waals surface area contributed by atoms with Crippen LogP contribution in [-0.2, 0) is 4.74 Å². The molecule has 0 saturated carbocycles. The third-order valence-corrected chi connectivity index (χ3v) is 5.67. The summed E-state index contributed by atoms with van der Waals surface area (Å²) in [6.07, 6.45) is 0. The summed E-state index contributed by atoms with van der Waals surface area (Å²) in [5.74, 6) is 3.19. The van der Waals surface area contributed by atoms with Crippen molar-refractivity contribution in [2.75, 3.05) is 35.7 Å². The molecule has 31 heavy (non-hydrogen) atoms. The molecule has 9 heteroatoms. The van der Waals surface area contributed by atoms with Crippen molar-refractivity contribution < 1.29 is 9.47 Å². The minimum absolute atomic E-state index is 0.212. The second-order valence-electron chi connectivity index (χ2n) is 7.78. The van der Waals surface area contributed by atoms with Crippen molar-refractivity contribution in [2.45, 2.75) is 13.0 Å². The molecule has 2 aromatic heterocycles. The monoisotopic (exact) mass is 415 g/mol. The summed E-state index contributed by atoms with van der Waals surface area (Å²) >= 11 is 0. The van der Waals surface area contributed by atoms with Crippen LogP contribution >= 0.6 is 0 Å². The molecule has 0 amide bonds. The lowest BCUT2D eigenvalue weighted by Crippen LogP contribution is -2.44. The van der Waals surface area contributed by atoms with Gasteiger partial charge in [-0.2, -0.15) is 10.1 Å². The van der Waals surface area contributed by atoms with E-state index in [1.807, 2.05) is 42.5 Å². The van der Waals surface area contributed by atoms with Crippen LogP contribution in [-0.4, -0.2) is 46.0 Å². The molecule has 2 aromatic carbocycles. The number of rotatable bonds is 2. The first-order chi connectivity index (χ1) is 15.2. The number of ether oxygens (including phenoxy) is 2. The van der Waals surface area contributed by atoms with Crippen molar-refractivity contribution in [1.29, 1.82) is 0 Å². The van der Waals surface area contributed by atoms with Crippen molar-refractivity contribution in [2.24, 2.45) is 0 Å². The number of nitrogens with zero attached hydrogens (tertiary/aromatic N) is 4. The van der Waals surface area contributed by atoms with Crippen LogP contribution in [0.4, 0.5) is 23.3 Å². The Bertz CT molecular complexity index is 1300. The van der Waals surface area contributed by atoms with E-state index in [0.29, 0.717) is 19.0 Å². The molecule has 0 radical (unpaired) electrons. The lowest BCUT2D eigenvalue weighted by Gasteiger charge is -2.34. The van der Waals surface area contributed by atoms with Gasteiger partial charge in [-0.25, -0.2) is 4.98 Å². The number of aromatic amines is 1. The average Bonchev–Trinajstić information content (AvgIpc) is 3.09. The van der Waals surface area contributed by atoms with Gasteiger partial charge in [0.1, 0.15) is 11.6 Å². The normalized spacial score (nSPS) is 17.6. The Morgan fingerprint density at radius 3 is 2.94 bits per heavy atom. The minimum Gasteiger partial charge on any atom is -0.454 e. The van der Waals surface area contributed by atoms with E-state index in [1.165, 1.54) is 0 Å². The fourth-order valence-corrected chi connectivity index (χ4v) is 4.16. The third-order valence-electron chi connectivity index (χ3n) is 5.67. The van der Waals surface area contributed by atoms with Crippen molar-refractivity contribution >= 4 is 34.2 Å². The summed E-state index contributed by atoms with van der Waals surface area (Å²) in [6.45, 7) is 4.20. The summed E-state index contributed by atoms with van der Waals surface area (Å²) in [5.41, 5.74) is 9.40. The SMILES string of the molecule is CC1COCCN1c1cc(-c2cc3c4c(n[nH]c4c2)Nc2ccccc2O3)nc(N)n1. The smallest absolute Gasteiger partial charge is 0.222 e. The Labute approximate surface area is 178 Å². The van der Waals surface area contributed by atoms with Gasteiger partial charge < -0.3 is 25.4 Å². The number of hydrogen-bond acceptors (Lipinski definition) is 8. The molecular weight excluding hydrogens is 394 g/mol. The van der Waals surface area contributed by atoms with Gasteiger partial charge in [0, 0.05) is 18.2 Å². The van der Waals surface area contributed by atoms with E-state index in [4.69, 9.17) is 15.2 Å². The van der Waals surface area contributed by atoms with Gasteiger partial charge in [-0.15, -0.1) is 0 Å². The maximum atomic E-state index is 6.26. The predicted molar refractivity (Wildman–Crippen MR) is 119 cm³/mol. The number of nitrogens with two attached hydrogens (primary N) is 1. The highest BCUT2D eigenvalue weighted by atomic mass is 16.5. The van der Waals surface area contributed by atoms with Crippen LogP contribution in [0.2, 0.25) is 0 Å². The van der Waals surface area contributed by atoms with Crippen molar-refractivity contribution in [1.82, 2.24) is 20.2 Å². The van der Waals surface area contributed by atoms with Crippen molar-refractivity contribution in [3.8, 4) is 22.8 Å². The van der Waals surface area contributed by atoms with Gasteiger partial charge in [-0.3, -0.25) is 5.10 Å². The van der Waals surface area contributed by atoms with Crippen LogP contribution in [0.15, 0.2) is 42.5 Å². The van der Waals surface area contributed by atoms with Crippen LogP contribution in [0.5, 0.6) is 11.5 Å². The Kier molecular flexibility index (Phi) is 3.97. The molecule has 156 valence electrons. The van der Waals surface area contributed by atoms with Gasteiger partial charge in [-0.05, 0) is 31.2 Å². The zero-order valence-electron chi connectivity index (χ0n) is 16.9. The van der Waals surface area contributed by atoms with E-state index < -0.39 is 0 Å². The largest absolute Gasteiger partial charge is 0.454 e. The van der Waals surface area contributed by atoms with Gasteiger partial charge >= 0.3 is 0 Å². The summed E-state index contributed by atoms with van der Waals surface area (Å²) < 4.78 is 11.8. The molecule has 1 atom stereocenters. The summed E-state index contributed by atoms with van der Waals surface area (Å²) in [7, 11) is 0. The fraction of sp³-hybridized carbons (Fsp3) is 0.227. The van der Waals surface area contributed by atoms with Gasteiger partial charge in [0.2, 0.25) is 5.95 Å². The molecule has 4 aromatic rings. The molecule has 2 aliphatic rings. The lowest BCUT2D eigenvalue weighted by molar-refractivity contribution is 0.0985. The summed E-state index contributed by atoms with van der Waals surface area (Å²) in [6, 6.07) is 13.9. The lowest BCUT2D eigenvalue weighted by atomic mass is 10.1. The molecule has 4 N–H and O–H groups in total. The molecule has 9 nitrogen and oxygen atoms in total. The van der Waals surface area contributed by atoms with Gasteiger partial charge in [0.05, 0.1) is 41.5 Å². The molecule has 1 fully saturated rings. The zero-order chi connectivity index (χ0) is 20.9. The fourth-order valence-electron chi connectivity index (χ4n) is 4.16. The number of H-pyrrole nitrogens is 1. The van der Waals surface area contributed by atoms with Crippen LogP contribution in [0.1, 0.15) is 6.92 Å². The van der Waals surface area contributed by atoms with Crippen LogP contribution < -0.4 is 20.7 Å². The predicted octanol–water partition coefficient (Wildman–Crippen LogP) is 3.68. The first kappa shape index (κ1) is 18.0. The standard InChI is InChI=1S/C22H21N7O2/c1-12-11-30-7-6-29(12)19-10-15(25-22(23)26-19)13-8-16-20-18(9-13)31-17-5-3-2-4-14(17)24-21(20)28-27-16/h2-5,8-10,12H,6-7,11H2,1H3,(H2,23,25,26)(H2,24,27,28). The number of hydrogen-bond donors (Lipinski definition) is 3. The third kappa shape index (κ3) is 3.01. The second-order valence-corrected chi connectivity index (χ2v) is 7.78. The number of fused-ring (bicyclic) bond motifs is 1. The summed E-state index contributed by atoms with van der Waals surface area (Å²) in [4.78, 5) is 11.2. The number of para-hydroxylation sites is 2. The van der Waals surface area contributed by atoms with E-state index in [0.717, 1.165) is 51.8 Å². The Balaban J connectivity index is 1.47. The Morgan fingerprint density at radius 1 is 1.13 bits per heavy atom. The second kappa shape index (κ2) is 6.85. The number of benzene rings is 2.